The Morgan fingerprint density at radius 3 is 3.00 bits per heavy atom. The van der Waals surface area contributed by atoms with E-state index in [1.165, 1.54) is 11.4 Å². The third-order valence-corrected chi connectivity index (χ3v) is 4.64. The molecule has 0 bridgehead atoms. The van der Waals surface area contributed by atoms with E-state index < -0.39 is 0 Å². The van der Waals surface area contributed by atoms with E-state index in [2.05, 4.69) is 40.8 Å². The summed E-state index contributed by atoms with van der Waals surface area (Å²) in [7, 11) is 0. The lowest BCUT2D eigenvalue weighted by Gasteiger charge is -2.36. The summed E-state index contributed by atoms with van der Waals surface area (Å²) in [5, 5.41) is 3.34. The maximum absolute atomic E-state index is 12.5. The molecule has 1 aromatic heterocycles. The maximum atomic E-state index is 12.5. The lowest BCUT2D eigenvalue weighted by atomic mass is 10.0. The third kappa shape index (κ3) is 2.29. The van der Waals surface area contributed by atoms with Crippen LogP contribution in [0.3, 0.4) is 0 Å². The number of hydrogen-bond acceptors (Lipinski definition) is 2. The van der Waals surface area contributed by atoms with Crippen LogP contribution in [0.25, 0.3) is 0 Å². The minimum Gasteiger partial charge on any atom is -0.345 e. The van der Waals surface area contributed by atoms with Crippen LogP contribution in [0.5, 0.6) is 0 Å². The van der Waals surface area contributed by atoms with Gasteiger partial charge in [-0.3, -0.25) is 4.79 Å². The summed E-state index contributed by atoms with van der Waals surface area (Å²) in [5.41, 5.74) is 2.58. The predicted octanol–water partition coefficient (Wildman–Crippen LogP) is 1.70. The quantitative estimate of drug-likeness (QED) is 0.880. The molecule has 3 rings (SSSR count). The van der Waals surface area contributed by atoms with Gasteiger partial charge < -0.3 is 14.8 Å². The van der Waals surface area contributed by atoms with Crippen molar-refractivity contribution in [3.8, 4) is 0 Å². The van der Waals surface area contributed by atoms with Gasteiger partial charge in [0.05, 0.1) is 6.04 Å². The van der Waals surface area contributed by atoms with Gasteiger partial charge in [-0.1, -0.05) is 0 Å². The van der Waals surface area contributed by atoms with E-state index in [9.17, 15) is 4.79 Å². The molecule has 2 aliphatic rings. The second-order valence-electron chi connectivity index (χ2n) is 5.88. The van der Waals surface area contributed by atoms with Crippen LogP contribution in [0.2, 0.25) is 0 Å². The summed E-state index contributed by atoms with van der Waals surface area (Å²) in [5.74, 6) is 0.862. The molecule has 1 saturated heterocycles. The lowest BCUT2D eigenvalue weighted by molar-refractivity contribution is -0.135. The zero-order chi connectivity index (χ0) is 13.4. The molecule has 1 N–H and O–H groups in total. The highest BCUT2D eigenvalue weighted by Crippen LogP contribution is 2.28. The van der Waals surface area contributed by atoms with E-state index in [1.807, 2.05) is 0 Å². The zero-order valence-electron chi connectivity index (χ0n) is 11.9. The summed E-state index contributed by atoms with van der Waals surface area (Å²) in [6.45, 7) is 8.14. The summed E-state index contributed by atoms with van der Waals surface area (Å²) in [4.78, 5) is 14.5. The number of nitrogens with one attached hydrogen (secondary N) is 1. The highest BCUT2D eigenvalue weighted by molar-refractivity contribution is 5.77. The van der Waals surface area contributed by atoms with E-state index >= 15 is 0 Å². The zero-order valence-corrected chi connectivity index (χ0v) is 11.9. The largest absolute Gasteiger partial charge is 0.345 e. The Morgan fingerprint density at radius 2 is 2.26 bits per heavy atom. The van der Waals surface area contributed by atoms with Gasteiger partial charge >= 0.3 is 0 Å². The Morgan fingerprint density at radius 1 is 1.42 bits per heavy atom. The lowest BCUT2D eigenvalue weighted by Crippen LogP contribution is -2.41. The Kier molecular flexibility index (Phi) is 3.35. The Balaban J connectivity index is 1.70. The number of aromatic nitrogens is 1. The van der Waals surface area contributed by atoms with Gasteiger partial charge in [-0.2, -0.15) is 0 Å². The van der Waals surface area contributed by atoms with Gasteiger partial charge in [0.2, 0.25) is 5.91 Å². The number of hydrogen-bond donors (Lipinski definition) is 1. The average Bonchev–Trinajstić information content (AvgIpc) is 3.01. The fourth-order valence-corrected chi connectivity index (χ4v) is 3.41. The van der Waals surface area contributed by atoms with Crippen LogP contribution in [0.15, 0.2) is 12.1 Å². The van der Waals surface area contributed by atoms with Crippen molar-refractivity contribution in [1.29, 1.82) is 0 Å². The number of carbonyl (C=O) groups is 1. The van der Waals surface area contributed by atoms with Crippen molar-refractivity contribution >= 4 is 5.91 Å². The number of fused-ring (bicyclic) bond motifs is 1. The molecule has 0 aliphatic carbocycles. The van der Waals surface area contributed by atoms with Gasteiger partial charge in [0, 0.05) is 30.9 Å². The molecule has 1 fully saturated rings. The first-order valence-electron chi connectivity index (χ1n) is 7.33. The van der Waals surface area contributed by atoms with Crippen molar-refractivity contribution < 1.29 is 4.79 Å². The normalized spacial score (nSPS) is 26.5. The highest BCUT2D eigenvalue weighted by Gasteiger charge is 2.30. The van der Waals surface area contributed by atoms with Crippen molar-refractivity contribution in [3.05, 3.63) is 23.5 Å². The van der Waals surface area contributed by atoms with Crippen LogP contribution >= 0.6 is 0 Å². The SMILES string of the molecule is Cc1ccc2n1CCN(C(=O)CC1CCNC1)C2C. The molecule has 2 atom stereocenters. The van der Waals surface area contributed by atoms with Crippen molar-refractivity contribution in [2.24, 2.45) is 5.92 Å². The van der Waals surface area contributed by atoms with Crippen LogP contribution in [0.1, 0.15) is 37.2 Å². The second-order valence-corrected chi connectivity index (χ2v) is 5.88. The van der Waals surface area contributed by atoms with E-state index in [1.54, 1.807) is 0 Å². The molecule has 3 heterocycles. The second kappa shape index (κ2) is 5.00. The smallest absolute Gasteiger partial charge is 0.223 e. The molecule has 2 unspecified atom stereocenters. The molecule has 0 spiro atoms. The number of rotatable bonds is 2. The summed E-state index contributed by atoms with van der Waals surface area (Å²) in [6, 6.07) is 4.53. The van der Waals surface area contributed by atoms with E-state index in [-0.39, 0.29) is 6.04 Å². The summed E-state index contributed by atoms with van der Waals surface area (Å²) >= 11 is 0. The molecule has 4 nitrogen and oxygen atoms in total. The maximum Gasteiger partial charge on any atom is 0.223 e. The first kappa shape index (κ1) is 12.7. The first-order chi connectivity index (χ1) is 9.16. The fourth-order valence-electron chi connectivity index (χ4n) is 3.41. The Hall–Kier alpha value is -1.29. The van der Waals surface area contributed by atoms with Crippen molar-refractivity contribution in [2.75, 3.05) is 19.6 Å². The number of carbonyl (C=O) groups excluding carboxylic acids is 1. The molecule has 4 heteroatoms. The minimum absolute atomic E-state index is 0.212. The number of amides is 1. The molecule has 1 aromatic rings. The van der Waals surface area contributed by atoms with Gasteiger partial charge in [0.25, 0.3) is 0 Å². The molecular formula is C15H23N3O. The monoisotopic (exact) mass is 261 g/mol. The minimum atomic E-state index is 0.212. The molecule has 0 aromatic carbocycles. The molecule has 0 radical (unpaired) electrons. The topological polar surface area (TPSA) is 37.3 Å². The average molecular weight is 261 g/mol. The van der Waals surface area contributed by atoms with Gasteiger partial charge in [-0.05, 0) is 51.4 Å². The van der Waals surface area contributed by atoms with Gasteiger partial charge in [-0.15, -0.1) is 0 Å². The van der Waals surface area contributed by atoms with Crippen molar-refractivity contribution in [2.45, 2.75) is 39.3 Å². The van der Waals surface area contributed by atoms with Crippen LogP contribution in [-0.4, -0.2) is 35.0 Å². The van der Waals surface area contributed by atoms with Gasteiger partial charge in [0.15, 0.2) is 0 Å². The van der Waals surface area contributed by atoms with Gasteiger partial charge in [-0.25, -0.2) is 0 Å². The van der Waals surface area contributed by atoms with Crippen molar-refractivity contribution in [1.82, 2.24) is 14.8 Å². The molecule has 2 aliphatic heterocycles. The van der Waals surface area contributed by atoms with Crippen LogP contribution in [-0.2, 0) is 11.3 Å². The molecule has 19 heavy (non-hydrogen) atoms. The van der Waals surface area contributed by atoms with Crippen LogP contribution in [0, 0.1) is 12.8 Å². The molecule has 104 valence electrons. The van der Waals surface area contributed by atoms with Crippen LogP contribution in [0.4, 0.5) is 0 Å². The Labute approximate surface area is 114 Å². The third-order valence-electron chi connectivity index (χ3n) is 4.64. The highest BCUT2D eigenvalue weighted by atomic mass is 16.2. The molecule has 0 saturated carbocycles. The molecular weight excluding hydrogens is 238 g/mol. The molecule has 1 amide bonds. The van der Waals surface area contributed by atoms with Gasteiger partial charge in [0.1, 0.15) is 0 Å². The summed E-state index contributed by atoms with van der Waals surface area (Å²) < 4.78 is 2.34. The van der Waals surface area contributed by atoms with Crippen LogP contribution < -0.4 is 5.32 Å². The number of aryl methyl sites for hydroxylation is 1. The van der Waals surface area contributed by atoms with E-state index in [0.717, 1.165) is 32.6 Å². The van der Waals surface area contributed by atoms with E-state index in [0.29, 0.717) is 18.2 Å². The predicted molar refractivity (Wildman–Crippen MR) is 74.9 cm³/mol. The van der Waals surface area contributed by atoms with E-state index in [4.69, 9.17) is 0 Å². The number of nitrogens with zero attached hydrogens (tertiary/aromatic N) is 2. The first-order valence-corrected chi connectivity index (χ1v) is 7.33. The standard InChI is InChI=1S/C15H23N3O/c1-11-3-4-14-12(2)18(8-7-17(11)14)15(19)9-13-5-6-16-10-13/h3-4,12-13,16H,5-10H2,1-2H3. The van der Waals surface area contributed by atoms with Crippen molar-refractivity contribution in [3.63, 3.8) is 0 Å². The summed E-state index contributed by atoms with van der Waals surface area (Å²) in [6.07, 6.45) is 1.85. The Bertz CT molecular complexity index is 474. The fraction of sp³-hybridized carbons (Fsp3) is 0.667.